The average Bonchev–Trinajstić information content (AvgIpc) is 2.64. The van der Waals surface area contributed by atoms with Gasteiger partial charge in [0.2, 0.25) is 0 Å². The summed E-state index contributed by atoms with van der Waals surface area (Å²) in [7, 11) is 0. The van der Waals surface area contributed by atoms with Gasteiger partial charge in [-0.05, 0) is 48.1 Å². The van der Waals surface area contributed by atoms with E-state index in [1.807, 2.05) is 10.9 Å². The summed E-state index contributed by atoms with van der Waals surface area (Å²) >= 11 is 2.29. The number of aliphatic hydroxyl groups excluding tert-OH is 1. The SMILES string of the molecule is Cc1ccc(C)c(-c2c(I)cnn2CCO)c1. The number of nitrogens with zero attached hydrogens (tertiary/aromatic N) is 2. The molecular weight excluding hydrogens is 327 g/mol. The summed E-state index contributed by atoms with van der Waals surface area (Å²) in [6.07, 6.45) is 1.84. The van der Waals surface area contributed by atoms with Crippen LogP contribution in [0.5, 0.6) is 0 Å². The molecule has 0 radical (unpaired) electrons. The van der Waals surface area contributed by atoms with Crippen molar-refractivity contribution in [3.05, 3.63) is 39.1 Å². The molecule has 4 heteroatoms. The third kappa shape index (κ3) is 2.52. The van der Waals surface area contributed by atoms with Gasteiger partial charge < -0.3 is 5.11 Å². The molecule has 0 atom stereocenters. The second kappa shape index (κ2) is 5.18. The number of aryl methyl sites for hydroxylation is 2. The lowest BCUT2D eigenvalue weighted by atomic mass is 10.0. The number of rotatable bonds is 3. The molecule has 1 aromatic heterocycles. The van der Waals surface area contributed by atoms with Gasteiger partial charge in [0.15, 0.2) is 0 Å². The van der Waals surface area contributed by atoms with E-state index in [9.17, 15) is 0 Å². The summed E-state index contributed by atoms with van der Waals surface area (Å²) in [5, 5.41) is 13.4. The Labute approximate surface area is 115 Å². The van der Waals surface area contributed by atoms with E-state index in [0.717, 1.165) is 9.26 Å². The van der Waals surface area contributed by atoms with Gasteiger partial charge in [-0.3, -0.25) is 4.68 Å². The summed E-state index contributed by atoms with van der Waals surface area (Å²) in [5.74, 6) is 0. The maximum Gasteiger partial charge on any atom is 0.0819 e. The molecule has 0 bridgehead atoms. The first-order valence-electron chi connectivity index (χ1n) is 5.53. The molecule has 1 N–H and O–H groups in total. The monoisotopic (exact) mass is 342 g/mol. The fraction of sp³-hybridized carbons (Fsp3) is 0.308. The fourth-order valence-corrected chi connectivity index (χ4v) is 2.58. The van der Waals surface area contributed by atoms with E-state index >= 15 is 0 Å². The van der Waals surface area contributed by atoms with Crippen molar-refractivity contribution in [1.29, 1.82) is 0 Å². The van der Waals surface area contributed by atoms with E-state index in [1.165, 1.54) is 16.7 Å². The lowest BCUT2D eigenvalue weighted by Gasteiger charge is -2.10. The Morgan fingerprint density at radius 2 is 2.12 bits per heavy atom. The Hall–Kier alpha value is -0.880. The van der Waals surface area contributed by atoms with Crippen LogP contribution in [-0.2, 0) is 6.54 Å². The molecule has 0 spiro atoms. The normalized spacial score (nSPS) is 10.8. The van der Waals surface area contributed by atoms with Crippen LogP contribution in [0.4, 0.5) is 0 Å². The van der Waals surface area contributed by atoms with E-state index in [-0.39, 0.29) is 6.61 Å². The van der Waals surface area contributed by atoms with Crippen LogP contribution in [-0.4, -0.2) is 21.5 Å². The van der Waals surface area contributed by atoms with Gasteiger partial charge in [0.25, 0.3) is 0 Å². The van der Waals surface area contributed by atoms with Crippen molar-refractivity contribution in [2.45, 2.75) is 20.4 Å². The first-order chi connectivity index (χ1) is 8.13. The van der Waals surface area contributed by atoms with Crippen molar-refractivity contribution in [2.24, 2.45) is 0 Å². The molecule has 17 heavy (non-hydrogen) atoms. The van der Waals surface area contributed by atoms with Crippen LogP contribution in [0.1, 0.15) is 11.1 Å². The Bertz CT molecular complexity index is 534. The number of benzene rings is 1. The first kappa shape index (κ1) is 12.6. The van der Waals surface area contributed by atoms with E-state index < -0.39 is 0 Å². The molecule has 1 heterocycles. The van der Waals surface area contributed by atoms with Gasteiger partial charge in [-0.2, -0.15) is 5.10 Å². The predicted molar refractivity (Wildman–Crippen MR) is 76.9 cm³/mol. The van der Waals surface area contributed by atoms with Crippen molar-refractivity contribution in [2.75, 3.05) is 6.61 Å². The average molecular weight is 342 g/mol. The van der Waals surface area contributed by atoms with Crippen LogP contribution < -0.4 is 0 Å². The molecule has 1 aromatic carbocycles. The lowest BCUT2D eigenvalue weighted by Crippen LogP contribution is -2.06. The minimum absolute atomic E-state index is 0.107. The van der Waals surface area contributed by atoms with Gasteiger partial charge >= 0.3 is 0 Å². The number of hydrogen-bond donors (Lipinski definition) is 1. The van der Waals surface area contributed by atoms with Crippen LogP contribution in [0.25, 0.3) is 11.3 Å². The van der Waals surface area contributed by atoms with Gasteiger partial charge in [0.05, 0.1) is 28.6 Å². The van der Waals surface area contributed by atoms with Crippen molar-refractivity contribution < 1.29 is 5.11 Å². The van der Waals surface area contributed by atoms with Crippen molar-refractivity contribution >= 4 is 22.6 Å². The zero-order chi connectivity index (χ0) is 12.4. The van der Waals surface area contributed by atoms with Crippen LogP contribution in [0, 0.1) is 17.4 Å². The molecule has 2 aromatic rings. The van der Waals surface area contributed by atoms with Crippen LogP contribution in [0.15, 0.2) is 24.4 Å². The number of hydrogen-bond acceptors (Lipinski definition) is 2. The standard InChI is InChI=1S/C13H15IN2O/c1-9-3-4-10(2)11(7-9)13-12(14)8-15-16(13)5-6-17/h3-4,7-8,17H,5-6H2,1-2H3. The summed E-state index contributed by atoms with van der Waals surface area (Å²) in [4.78, 5) is 0. The van der Waals surface area contributed by atoms with Crippen LogP contribution in [0.2, 0.25) is 0 Å². The summed E-state index contributed by atoms with van der Waals surface area (Å²) in [6.45, 7) is 4.82. The van der Waals surface area contributed by atoms with E-state index in [1.54, 1.807) is 0 Å². The third-order valence-electron chi connectivity index (χ3n) is 2.75. The topological polar surface area (TPSA) is 38.0 Å². The largest absolute Gasteiger partial charge is 0.394 e. The molecule has 0 aliphatic carbocycles. The zero-order valence-electron chi connectivity index (χ0n) is 9.94. The Balaban J connectivity index is 2.58. The third-order valence-corrected chi connectivity index (χ3v) is 3.54. The molecule has 0 saturated carbocycles. The summed E-state index contributed by atoms with van der Waals surface area (Å²) in [6, 6.07) is 6.40. The second-order valence-electron chi connectivity index (χ2n) is 4.11. The number of aliphatic hydroxyl groups is 1. The van der Waals surface area contributed by atoms with Crippen LogP contribution in [0.3, 0.4) is 0 Å². The Kier molecular flexibility index (Phi) is 3.83. The maximum absolute atomic E-state index is 9.06. The van der Waals surface area contributed by atoms with Crippen molar-refractivity contribution in [1.82, 2.24) is 9.78 Å². The Morgan fingerprint density at radius 1 is 1.35 bits per heavy atom. The molecule has 0 unspecified atom stereocenters. The Morgan fingerprint density at radius 3 is 2.82 bits per heavy atom. The molecule has 2 rings (SSSR count). The van der Waals surface area contributed by atoms with E-state index in [0.29, 0.717) is 6.54 Å². The molecule has 0 amide bonds. The van der Waals surface area contributed by atoms with Crippen molar-refractivity contribution in [3.8, 4) is 11.3 Å². The number of halogens is 1. The van der Waals surface area contributed by atoms with E-state index in [2.05, 4.69) is 59.7 Å². The van der Waals surface area contributed by atoms with Gasteiger partial charge in [0.1, 0.15) is 0 Å². The molecule has 0 saturated heterocycles. The van der Waals surface area contributed by atoms with Gasteiger partial charge in [-0.1, -0.05) is 17.7 Å². The first-order valence-corrected chi connectivity index (χ1v) is 6.61. The highest BCUT2D eigenvalue weighted by Crippen LogP contribution is 2.28. The van der Waals surface area contributed by atoms with Gasteiger partial charge in [-0.15, -0.1) is 0 Å². The molecule has 3 nitrogen and oxygen atoms in total. The molecule has 0 aliphatic heterocycles. The molecule has 0 aliphatic rings. The summed E-state index contributed by atoms with van der Waals surface area (Å²) in [5.41, 5.74) is 4.76. The minimum atomic E-state index is 0.107. The van der Waals surface area contributed by atoms with Gasteiger partial charge in [0, 0.05) is 5.56 Å². The van der Waals surface area contributed by atoms with Gasteiger partial charge in [-0.25, -0.2) is 0 Å². The maximum atomic E-state index is 9.06. The number of aromatic nitrogens is 2. The quantitative estimate of drug-likeness (QED) is 0.871. The fourth-order valence-electron chi connectivity index (χ4n) is 1.89. The van der Waals surface area contributed by atoms with E-state index in [4.69, 9.17) is 5.11 Å². The molecule has 90 valence electrons. The highest BCUT2D eigenvalue weighted by atomic mass is 127. The highest BCUT2D eigenvalue weighted by Gasteiger charge is 2.12. The van der Waals surface area contributed by atoms with Crippen LogP contribution >= 0.6 is 22.6 Å². The molecule has 0 fully saturated rings. The smallest absolute Gasteiger partial charge is 0.0819 e. The second-order valence-corrected chi connectivity index (χ2v) is 5.27. The predicted octanol–water partition coefficient (Wildman–Crippen LogP) is 2.76. The molecular formula is C13H15IN2O. The minimum Gasteiger partial charge on any atom is -0.394 e. The zero-order valence-corrected chi connectivity index (χ0v) is 12.1. The van der Waals surface area contributed by atoms with Crippen molar-refractivity contribution in [3.63, 3.8) is 0 Å². The lowest BCUT2D eigenvalue weighted by molar-refractivity contribution is 0.270. The summed E-state index contributed by atoms with van der Waals surface area (Å²) < 4.78 is 2.98. The highest BCUT2D eigenvalue weighted by molar-refractivity contribution is 14.1.